The summed E-state index contributed by atoms with van der Waals surface area (Å²) in [6.45, 7) is 5.55. The van der Waals surface area contributed by atoms with Gasteiger partial charge in [-0.25, -0.2) is 9.50 Å². The van der Waals surface area contributed by atoms with E-state index < -0.39 is 0 Å². The number of pyridine rings is 1. The Kier molecular flexibility index (Phi) is 2.48. The van der Waals surface area contributed by atoms with Gasteiger partial charge < -0.3 is 0 Å². The lowest BCUT2D eigenvalue weighted by Crippen LogP contribution is -2.19. The summed E-state index contributed by atoms with van der Waals surface area (Å²) in [6, 6.07) is 5.70. The van der Waals surface area contributed by atoms with Crippen LogP contribution in [0.4, 0.5) is 0 Å². The molecule has 3 rings (SSSR count). The maximum absolute atomic E-state index is 12.2. The lowest BCUT2D eigenvalue weighted by atomic mass is 10.1. The highest BCUT2D eigenvalue weighted by Gasteiger charge is 2.16. The molecule has 0 aliphatic rings. The number of H-pyrrole nitrogens is 1. The summed E-state index contributed by atoms with van der Waals surface area (Å²) < 4.78 is 1.49. The van der Waals surface area contributed by atoms with Crippen molar-refractivity contribution in [3.05, 3.63) is 51.7 Å². The van der Waals surface area contributed by atoms with Gasteiger partial charge in [-0.2, -0.15) is 0 Å². The van der Waals surface area contributed by atoms with Crippen molar-refractivity contribution in [2.45, 2.75) is 20.8 Å². The first-order chi connectivity index (χ1) is 9.09. The minimum Gasteiger partial charge on any atom is -0.293 e. The van der Waals surface area contributed by atoms with Crippen molar-refractivity contribution < 1.29 is 0 Å². The zero-order valence-electron chi connectivity index (χ0n) is 11.1. The second kappa shape index (κ2) is 4.05. The zero-order chi connectivity index (χ0) is 13.6. The third kappa shape index (κ3) is 1.66. The number of aryl methyl sites for hydroxylation is 2. The van der Waals surface area contributed by atoms with Crippen LogP contribution in [0.15, 0.2) is 29.2 Å². The first-order valence-electron chi connectivity index (χ1n) is 6.09. The van der Waals surface area contributed by atoms with Crippen LogP contribution >= 0.6 is 0 Å². The summed E-state index contributed by atoms with van der Waals surface area (Å²) >= 11 is 0. The monoisotopic (exact) mass is 254 g/mol. The Balaban J connectivity index is 2.45. The fourth-order valence-corrected chi connectivity index (χ4v) is 2.19. The summed E-state index contributed by atoms with van der Waals surface area (Å²) in [5.74, 6) is 0. The molecule has 1 N–H and O–H groups in total. The molecule has 0 amide bonds. The van der Waals surface area contributed by atoms with Crippen molar-refractivity contribution in [3.63, 3.8) is 0 Å². The molecule has 0 bridgehead atoms. The summed E-state index contributed by atoms with van der Waals surface area (Å²) in [5, 5.41) is 3.06. The Morgan fingerprint density at radius 3 is 2.68 bits per heavy atom. The van der Waals surface area contributed by atoms with Crippen LogP contribution in [0.3, 0.4) is 0 Å². The first kappa shape index (κ1) is 11.6. The van der Waals surface area contributed by atoms with Crippen LogP contribution in [0.2, 0.25) is 0 Å². The number of aromatic amines is 1. The van der Waals surface area contributed by atoms with Crippen LogP contribution in [-0.2, 0) is 0 Å². The van der Waals surface area contributed by atoms with E-state index in [0.29, 0.717) is 11.2 Å². The molecule has 5 nitrogen and oxygen atoms in total. The second-order valence-corrected chi connectivity index (χ2v) is 4.61. The van der Waals surface area contributed by atoms with Crippen molar-refractivity contribution in [1.82, 2.24) is 19.6 Å². The van der Waals surface area contributed by atoms with E-state index in [4.69, 9.17) is 0 Å². The molecule has 96 valence electrons. The van der Waals surface area contributed by atoms with E-state index in [0.717, 1.165) is 22.6 Å². The molecule has 0 fully saturated rings. The first-order valence-corrected chi connectivity index (χ1v) is 6.09. The minimum absolute atomic E-state index is 0.0622. The molecule has 3 aromatic heterocycles. The number of rotatable bonds is 1. The molecule has 0 aliphatic heterocycles. The molecule has 3 heterocycles. The maximum Gasteiger partial charge on any atom is 0.275 e. The number of aromatic nitrogens is 4. The highest BCUT2D eigenvalue weighted by atomic mass is 16.1. The largest absolute Gasteiger partial charge is 0.293 e. The number of nitrogens with one attached hydrogen (secondary N) is 1. The molecule has 19 heavy (non-hydrogen) atoms. The Bertz CT molecular complexity index is 815. The van der Waals surface area contributed by atoms with Gasteiger partial charge in [0.2, 0.25) is 0 Å². The molecule has 0 atom stereocenters. The van der Waals surface area contributed by atoms with Crippen molar-refractivity contribution in [2.75, 3.05) is 0 Å². The molecule has 0 saturated carbocycles. The van der Waals surface area contributed by atoms with Crippen LogP contribution in [-0.4, -0.2) is 19.6 Å². The molecular formula is C14H14N4O. The SMILES string of the molecule is Cc1nc2c(-c3ccccn3)c(C)[nH]n2c(=O)c1C. The van der Waals surface area contributed by atoms with Crippen molar-refractivity contribution >= 4 is 5.65 Å². The van der Waals surface area contributed by atoms with Crippen LogP contribution < -0.4 is 5.56 Å². The molecule has 5 heteroatoms. The summed E-state index contributed by atoms with van der Waals surface area (Å²) in [4.78, 5) is 21.1. The van der Waals surface area contributed by atoms with E-state index in [1.54, 1.807) is 13.1 Å². The van der Waals surface area contributed by atoms with Gasteiger partial charge in [-0.3, -0.25) is 14.9 Å². The number of hydrogen-bond donors (Lipinski definition) is 1. The van der Waals surface area contributed by atoms with Gasteiger partial charge in [0.05, 0.1) is 11.3 Å². The third-order valence-corrected chi connectivity index (χ3v) is 3.35. The maximum atomic E-state index is 12.2. The number of hydrogen-bond acceptors (Lipinski definition) is 3. The summed E-state index contributed by atoms with van der Waals surface area (Å²) in [5.41, 5.74) is 4.55. The van der Waals surface area contributed by atoms with Gasteiger partial charge in [-0.1, -0.05) is 6.07 Å². The predicted octanol–water partition coefficient (Wildman–Crippen LogP) is 2.01. The Morgan fingerprint density at radius 1 is 1.21 bits per heavy atom. The molecule has 0 aliphatic carbocycles. The minimum atomic E-state index is -0.0622. The Labute approximate surface area is 109 Å². The van der Waals surface area contributed by atoms with Crippen LogP contribution in [0, 0.1) is 20.8 Å². The average Bonchev–Trinajstić information content (AvgIpc) is 2.74. The van der Waals surface area contributed by atoms with Gasteiger partial charge in [0.25, 0.3) is 5.56 Å². The zero-order valence-corrected chi connectivity index (χ0v) is 11.1. The van der Waals surface area contributed by atoms with Gasteiger partial charge in [-0.15, -0.1) is 0 Å². The van der Waals surface area contributed by atoms with Gasteiger partial charge in [0, 0.05) is 23.1 Å². The molecule has 0 aromatic carbocycles. The quantitative estimate of drug-likeness (QED) is 0.722. The second-order valence-electron chi connectivity index (χ2n) is 4.61. The fraction of sp³-hybridized carbons (Fsp3) is 0.214. The highest BCUT2D eigenvalue weighted by Crippen LogP contribution is 2.24. The number of fused-ring (bicyclic) bond motifs is 1. The molecule has 0 unspecified atom stereocenters. The van der Waals surface area contributed by atoms with Crippen LogP contribution in [0.25, 0.3) is 16.9 Å². The van der Waals surface area contributed by atoms with Crippen LogP contribution in [0.1, 0.15) is 17.0 Å². The lowest BCUT2D eigenvalue weighted by molar-refractivity contribution is 0.859. The Hall–Kier alpha value is -2.43. The molecular weight excluding hydrogens is 240 g/mol. The third-order valence-electron chi connectivity index (χ3n) is 3.35. The van der Waals surface area contributed by atoms with Gasteiger partial charge in [-0.05, 0) is 32.9 Å². The number of nitrogens with zero attached hydrogens (tertiary/aromatic N) is 3. The lowest BCUT2D eigenvalue weighted by Gasteiger charge is -2.02. The molecule has 3 aromatic rings. The molecule has 0 spiro atoms. The highest BCUT2D eigenvalue weighted by molar-refractivity contribution is 5.77. The normalized spacial score (nSPS) is 11.1. The topological polar surface area (TPSA) is 63.1 Å². The summed E-state index contributed by atoms with van der Waals surface area (Å²) in [6.07, 6.45) is 1.73. The van der Waals surface area contributed by atoms with E-state index in [-0.39, 0.29) is 5.56 Å². The predicted molar refractivity (Wildman–Crippen MR) is 73.3 cm³/mol. The van der Waals surface area contributed by atoms with E-state index >= 15 is 0 Å². The van der Waals surface area contributed by atoms with Crippen molar-refractivity contribution in [3.8, 4) is 11.3 Å². The van der Waals surface area contributed by atoms with E-state index in [1.165, 1.54) is 4.52 Å². The van der Waals surface area contributed by atoms with E-state index in [2.05, 4.69) is 15.1 Å². The Morgan fingerprint density at radius 2 is 2.00 bits per heavy atom. The van der Waals surface area contributed by atoms with E-state index in [1.807, 2.05) is 32.0 Å². The van der Waals surface area contributed by atoms with Crippen LogP contribution in [0.5, 0.6) is 0 Å². The van der Waals surface area contributed by atoms with Gasteiger partial charge in [0.1, 0.15) is 0 Å². The standard InChI is InChI=1S/C14H14N4O/c1-8-9(2)16-13-12(11-6-4-5-7-15-11)10(3)17-18(13)14(8)19/h4-7,17H,1-3H3. The summed E-state index contributed by atoms with van der Waals surface area (Å²) in [7, 11) is 0. The smallest absolute Gasteiger partial charge is 0.275 e. The molecule has 0 radical (unpaired) electrons. The molecule has 0 saturated heterocycles. The fourth-order valence-electron chi connectivity index (χ4n) is 2.19. The van der Waals surface area contributed by atoms with E-state index in [9.17, 15) is 4.79 Å². The van der Waals surface area contributed by atoms with Crippen molar-refractivity contribution in [2.24, 2.45) is 0 Å². The van der Waals surface area contributed by atoms with Gasteiger partial charge in [0.15, 0.2) is 5.65 Å². The van der Waals surface area contributed by atoms with Crippen molar-refractivity contribution in [1.29, 1.82) is 0 Å². The van der Waals surface area contributed by atoms with Gasteiger partial charge >= 0.3 is 0 Å². The average molecular weight is 254 g/mol.